The van der Waals surface area contributed by atoms with Crippen molar-refractivity contribution in [2.24, 2.45) is 5.14 Å². The van der Waals surface area contributed by atoms with Crippen molar-refractivity contribution < 1.29 is 13.5 Å². The first-order valence-corrected chi connectivity index (χ1v) is 8.27. The molecule has 7 heteroatoms. The molecule has 6 nitrogen and oxygen atoms in total. The van der Waals surface area contributed by atoms with Gasteiger partial charge in [0.05, 0.1) is 4.90 Å². The molecule has 1 atom stereocenters. The van der Waals surface area contributed by atoms with Crippen molar-refractivity contribution in [3.63, 3.8) is 0 Å². The zero-order valence-corrected chi connectivity index (χ0v) is 12.1. The third-order valence-electron chi connectivity index (χ3n) is 3.66. The summed E-state index contributed by atoms with van der Waals surface area (Å²) in [5.74, 6) is 0. The van der Waals surface area contributed by atoms with Crippen LogP contribution >= 0.6 is 0 Å². The van der Waals surface area contributed by atoms with Crippen LogP contribution in [0.2, 0.25) is 0 Å². The number of hydrogen-bond acceptors (Lipinski definition) is 5. The molecule has 1 aliphatic heterocycles. The molecule has 1 saturated heterocycles. The topological polar surface area (TPSA) is 110 Å². The van der Waals surface area contributed by atoms with Crippen molar-refractivity contribution in [1.82, 2.24) is 0 Å². The molecule has 112 valence electrons. The Balaban J connectivity index is 2.37. The fourth-order valence-corrected chi connectivity index (χ4v) is 3.31. The minimum atomic E-state index is -3.77. The van der Waals surface area contributed by atoms with Gasteiger partial charge in [0.1, 0.15) is 0 Å². The number of rotatable bonds is 4. The second-order valence-electron chi connectivity index (χ2n) is 5.16. The molecular weight excluding hydrogens is 278 g/mol. The lowest BCUT2D eigenvalue weighted by Gasteiger charge is -2.37. The first-order chi connectivity index (χ1) is 9.41. The van der Waals surface area contributed by atoms with Crippen LogP contribution < -0.4 is 15.8 Å². The molecular formula is C13H21N3O3S. The van der Waals surface area contributed by atoms with Crippen LogP contribution in [-0.2, 0) is 10.0 Å². The van der Waals surface area contributed by atoms with Gasteiger partial charge in [-0.15, -0.1) is 0 Å². The number of nitrogens with zero attached hydrogens (tertiary/aromatic N) is 1. The lowest BCUT2D eigenvalue weighted by Crippen LogP contribution is -2.40. The highest BCUT2D eigenvalue weighted by Gasteiger charge is 2.23. The summed E-state index contributed by atoms with van der Waals surface area (Å²) in [5.41, 5.74) is 6.92. The van der Waals surface area contributed by atoms with Gasteiger partial charge in [-0.2, -0.15) is 0 Å². The van der Waals surface area contributed by atoms with E-state index in [1.807, 2.05) is 0 Å². The van der Waals surface area contributed by atoms with E-state index in [0.717, 1.165) is 31.5 Å². The number of nitrogens with two attached hydrogens (primary N) is 2. The van der Waals surface area contributed by atoms with Gasteiger partial charge in [0, 0.05) is 30.6 Å². The van der Waals surface area contributed by atoms with Crippen LogP contribution in [0.4, 0.5) is 11.4 Å². The molecule has 2 rings (SSSR count). The molecule has 0 aliphatic carbocycles. The number of nitrogen functional groups attached to an aromatic ring is 1. The molecule has 0 spiro atoms. The van der Waals surface area contributed by atoms with Gasteiger partial charge in [0.15, 0.2) is 0 Å². The molecule has 1 aromatic carbocycles. The zero-order valence-electron chi connectivity index (χ0n) is 11.3. The normalized spacial score (nSPS) is 20.1. The van der Waals surface area contributed by atoms with E-state index in [0.29, 0.717) is 12.1 Å². The van der Waals surface area contributed by atoms with Crippen molar-refractivity contribution in [2.45, 2.75) is 36.6 Å². The fraction of sp³-hybridized carbons (Fsp3) is 0.538. The highest BCUT2D eigenvalue weighted by molar-refractivity contribution is 7.89. The molecule has 0 saturated carbocycles. The Bertz CT molecular complexity index is 572. The van der Waals surface area contributed by atoms with Crippen LogP contribution in [0.5, 0.6) is 0 Å². The Morgan fingerprint density at radius 3 is 2.70 bits per heavy atom. The third kappa shape index (κ3) is 3.41. The molecule has 1 aliphatic rings. The maximum Gasteiger partial charge on any atom is 0.238 e. The Hall–Kier alpha value is -1.31. The molecule has 0 aromatic heterocycles. The van der Waals surface area contributed by atoms with Crippen molar-refractivity contribution in [2.75, 3.05) is 23.8 Å². The summed E-state index contributed by atoms with van der Waals surface area (Å²) in [5, 5.41) is 14.3. The first kappa shape index (κ1) is 15.1. The third-order valence-corrected chi connectivity index (χ3v) is 4.56. The number of hydrogen-bond donors (Lipinski definition) is 3. The Kier molecular flexibility index (Phi) is 4.52. The monoisotopic (exact) mass is 299 g/mol. The Labute approximate surface area is 119 Å². The second kappa shape index (κ2) is 5.99. The lowest BCUT2D eigenvalue weighted by atomic mass is 9.98. The number of sulfonamides is 1. The maximum absolute atomic E-state index is 11.5. The number of benzene rings is 1. The molecule has 0 amide bonds. The van der Waals surface area contributed by atoms with Crippen LogP contribution in [0.25, 0.3) is 0 Å². The summed E-state index contributed by atoms with van der Waals surface area (Å²) < 4.78 is 23.0. The van der Waals surface area contributed by atoms with Gasteiger partial charge in [0.25, 0.3) is 0 Å². The number of anilines is 2. The highest BCUT2D eigenvalue weighted by Crippen LogP contribution is 2.29. The van der Waals surface area contributed by atoms with Crippen LogP contribution in [0.15, 0.2) is 23.1 Å². The van der Waals surface area contributed by atoms with E-state index in [1.165, 1.54) is 6.07 Å². The van der Waals surface area contributed by atoms with E-state index < -0.39 is 10.0 Å². The van der Waals surface area contributed by atoms with E-state index >= 15 is 0 Å². The van der Waals surface area contributed by atoms with E-state index in [-0.39, 0.29) is 17.5 Å². The van der Waals surface area contributed by atoms with Gasteiger partial charge in [-0.3, -0.25) is 0 Å². The number of primary sulfonamides is 1. The molecule has 1 aromatic rings. The predicted octanol–water partition coefficient (Wildman–Crippen LogP) is 0.658. The number of aliphatic hydroxyl groups is 1. The lowest BCUT2D eigenvalue weighted by molar-refractivity contribution is 0.262. The largest absolute Gasteiger partial charge is 0.399 e. The van der Waals surface area contributed by atoms with E-state index in [2.05, 4.69) is 4.90 Å². The van der Waals surface area contributed by atoms with Crippen molar-refractivity contribution in [1.29, 1.82) is 0 Å². The van der Waals surface area contributed by atoms with Gasteiger partial charge in [-0.25, -0.2) is 13.6 Å². The van der Waals surface area contributed by atoms with Gasteiger partial charge in [-0.1, -0.05) is 0 Å². The summed E-state index contributed by atoms with van der Waals surface area (Å²) in [7, 11) is -3.77. The molecule has 1 fully saturated rings. The van der Waals surface area contributed by atoms with Crippen molar-refractivity contribution in [3.8, 4) is 0 Å². The smallest absolute Gasteiger partial charge is 0.238 e. The standard InChI is InChI=1S/C13H21N3O3S/c14-10-7-12(9-13(8-10)20(15,18)19)16-5-2-1-3-11(16)4-6-17/h7-9,11,17H,1-6,14H2,(H2,15,18,19). The SMILES string of the molecule is Nc1cc(N2CCCCC2CCO)cc(S(N)(=O)=O)c1. The Morgan fingerprint density at radius 1 is 1.30 bits per heavy atom. The zero-order chi connectivity index (χ0) is 14.8. The van der Waals surface area contributed by atoms with Gasteiger partial charge < -0.3 is 15.7 Å². The van der Waals surface area contributed by atoms with Gasteiger partial charge in [0.2, 0.25) is 10.0 Å². The molecule has 20 heavy (non-hydrogen) atoms. The summed E-state index contributed by atoms with van der Waals surface area (Å²) >= 11 is 0. The van der Waals surface area contributed by atoms with Gasteiger partial charge in [-0.05, 0) is 43.9 Å². The van der Waals surface area contributed by atoms with Crippen molar-refractivity contribution in [3.05, 3.63) is 18.2 Å². The van der Waals surface area contributed by atoms with Crippen LogP contribution in [0.3, 0.4) is 0 Å². The van der Waals surface area contributed by atoms with Crippen LogP contribution in [0.1, 0.15) is 25.7 Å². The van der Waals surface area contributed by atoms with E-state index in [9.17, 15) is 8.42 Å². The minimum absolute atomic E-state index is 0.0285. The average molecular weight is 299 g/mol. The Morgan fingerprint density at radius 2 is 2.05 bits per heavy atom. The quantitative estimate of drug-likeness (QED) is 0.707. The summed E-state index contributed by atoms with van der Waals surface area (Å²) in [6, 6.07) is 4.89. The van der Waals surface area contributed by atoms with Crippen LogP contribution in [-0.4, -0.2) is 32.7 Å². The molecule has 0 radical (unpaired) electrons. The minimum Gasteiger partial charge on any atom is -0.399 e. The first-order valence-electron chi connectivity index (χ1n) is 6.72. The highest BCUT2D eigenvalue weighted by atomic mass is 32.2. The summed E-state index contributed by atoms with van der Waals surface area (Å²) in [4.78, 5) is 2.14. The average Bonchev–Trinajstić information content (AvgIpc) is 2.38. The summed E-state index contributed by atoms with van der Waals surface area (Å²) in [6.45, 7) is 0.948. The predicted molar refractivity (Wildman–Crippen MR) is 78.9 cm³/mol. The number of aliphatic hydroxyl groups excluding tert-OH is 1. The summed E-state index contributed by atoms with van der Waals surface area (Å²) in [6.07, 6.45) is 3.81. The fourth-order valence-electron chi connectivity index (χ4n) is 2.73. The molecule has 1 heterocycles. The maximum atomic E-state index is 11.5. The van der Waals surface area contributed by atoms with E-state index in [1.54, 1.807) is 12.1 Å². The molecule has 1 unspecified atom stereocenters. The molecule has 0 bridgehead atoms. The van der Waals surface area contributed by atoms with Gasteiger partial charge >= 0.3 is 0 Å². The second-order valence-corrected chi connectivity index (χ2v) is 6.72. The molecule has 5 N–H and O–H groups in total. The van der Waals surface area contributed by atoms with E-state index in [4.69, 9.17) is 16.0 Å². The van der Waals surface area contributed by atoms with Crippen molar-refractivity contribution >= 4 is 21.4 Å². The number of piperidine rings is 1. The van der Waals surface area contributed by atoms with Crippen LogP contribution in [0, 0.1) is 0 Å².